The van der Waals surface area contributed by atoms with Crippen molar-refractivity contribution < 1.29 is 34.2 Å². The lowest BCUT2D eigenvalue weighted by Gasteiger charge is -2.49. The second-order valence-corrected chi connectivity index (χ2v) is 12.2. The van der Waals surface area contributed by atoms with E-state index in [4.69, 9.17) is 0 Å². The summed E-state index contributed by atoms with van der Waals surface area (Å²) in [5, 5.41) is 21.3. The SMILES string of the molecule is CC12C(=O)N(c3ccccc3)C(=O)C1CC1C(=CCC3C(=O)N(CCC(=O)O)C(=O)C31)C2c1ccc(O)c2ccccc12. The molecule has 6 unspecified atom stereocenters. The number of para-hydroxylation sites is 1. The van der Waals surface area contributed by atoms with Gasteiger partial charge in [-0.05, 0) is 54.8 Å². The maximum Gasteiger partial charge on any atom is 0.305 e. The molecular formula is C34H30N2O7. The number of aromatic hydroxyl groups is 1. The van der Waals surface area contributed by atoms with E-state index in [-0.39, 0.29) is 49.3 Å². The van der Waals surface area contributed by atoms with Crippen LogP contribution in [0.15, 0.2) is 78.4 Å². The number of imide groups is 2. The second kappa shape index (κ2) is 9.62. The largest absolute Gasteiger partial charge is 0.507 e. The first-order valence-electron chi connectivity index (χ1n) is 14.6. The molecule has 2 aliphatic heterocycles. The zero-order chi connectivity index (χ0) is 30.2. The average Bonchev–Trinajstić information content (AvgIpc) is 3.36. The molecule has 9 nitrogen and oxygen atoms in total. The summed E-state index contributed by atoms with van der Waals surface area (Å²) in [6.07, 6.45) is 2.12. The van der Waals surface area contributed by atoms with Crippen LogP contribution in [0.4, 0.5) is 5.69 Å². The van der Waals surface area contributed by atoms with Gasteiger partial charge in [-0.25, -0.2) is 4.90 Å². The summed E-state index contributed by atoms with van der Waals surface area (Å²) >= 11 is 0. The second-order valence-electron chi connectivity index (χ2n) is 12.2. The molecule has 2 saturated heterocycles. The minimum Gasteiger partial charge on any atom is -0.507 e. The maximum atomic E-state index is 14.5. The fourth-order valence-corrected chi connectivity index (χ4v) is 8.23. The van der Waals surface area contributed by atoms with E-state index in [0.717, 1.165) is 21.4 Å². The molecule has 1 saturated carbocycles. The van der Waals surface area contributed by atoms with Crippen molar-refractivity contribution in [3.05, 3.63) is 83.9 Å². The Morgan fingerprint density at radius 2 is 1.58 bits per heavy atom. The summed E-state index contributed by atoms with van der Waals surface area (Å²) in [5.74, 6) is -5.73. The summed E-state index contributed by atoms with van der Waals surface area (Å²) in [6, 6.07) is 19.6. The molecule has 3 fully saturated rings. The normalized spacial score (nSPS) is 29.9. The lowest BCUT2D eigenvalue weighted by Crippen LogP contribution is -2.49. The Balaban J connectivity index is 1.41. The van der Waals surface area contributed by atoms with Gasteiger partial charge in [0.2, 0.25) is 23.6 Å². The number of allylic oxidation sites excluding steroid dienone is 2. The molecule has 43 heavy (non-hydrogen) atoms. The van der Waals surface area contributed by atoms with Gasteiger partial charge >= 0.3 is 5.97 Å². The Morgan fingerprint density at radius 1 is 0.884 bits per heavy atom. The molecular weight excluding hydrogens is 548 g/mol. The quantitative estimate of drug-likeness (QED) is 0.342. The van der Waals surface area contributed by atoms with E-state index in [1.54, 1.807) is 42.5 Å². The Bertz CT molecular complexity index is 1760. The number of carbonyl (C=O) groups is 5. The molecule has 4 amide bonds. The van der Waals surface area contributed by atoms with Crippen LogP contribution in [0.2, 0.25) is 0 Å². The highest BCUT2D eigenvalue weighted by atomic mass is 16.4. The van der Waals surface area contributed by atoms with Gasteiger partial charge in [0.25, 0.3) is 0 Å². The monoisotopic (exact) mass is 578 g/mol. The first kappa shape index (κ1) is 27.1. The van der Waals surface area contributed by atoms with Crippen LogP contribution >= 0.6 is 0 Å². The van der Waals surface area contributed by atoms with Crippen LogP contribution in [0.1, 0.15) is 37.7 Å². The molecule has 4 aliphatic rings. The summed E-state index contributed by atoms with van der Waals surface area (Å²) in [4.78, 5) is 69.5. The molecule has 2 aliphatic carbocycles. The van der Waals surface area contributed by atoms with E-state index in [2.05, 4.69) is 0 Å². The first-order valence-corrected chi connectivity index (χ1v) is 14.6. The molecule has 0 spiro atoms. The number of amides is 4. The maximum absolute atomic E-state index is 14.5. The number of rotatable bonds is 5. The number of phenolic OH excluding ortho intramolecular Hbond substituents is 1. The number of carbonyl (C=O) groups excluding carboxylic acids is 4. The highest BCUT2D eigenvalue weighted by Gasteiger charge is 2.67. The van der Waals surface area contributed by atoms with E-state index in [1.807, 2.05) is 37.3 Å². The van der Waals surface area contributed by atoms with Gasteiger partial charge in [-0.2, -0.15) is 0 Å². The number of carboxylic acids is 1. The number of likely N-dealkylation sites (tertiary alicyclic amines) is 1. The molecule has 2 N–H and O–H groups in total. The topological polar surface area (TPSA) is 132 Å². The van der Waals surface area contributed by atoms with Crippen molar-refractivity contribution >= 4 is 46.1 Å². The van der Waals surface area contributed by atoms with E-state index in [9.17, 15) is 34.2 Å². The summed E-state index contributed by atoms with van der Waals surface area (Å²) in [7, 11) is 0. The number of phenols is 1. The number of benzene rings is 3. The van der Waals surface area contributed by atoms with E-state index in [1.165, 1.54) is 4.90 Å². The molecule has 6 atom stereocenters. The fraction of sp³-hybridized carbons (Fsp3) is 0.324. The first-order chi connectivity index (χ1) is 20.6. The van der Waals surface area contributed by atoms with Crippen molar-refractivity contribution in [2.24, 2.45) is 29.1 Å². The van der Waals surface area contributed by atoms with Gasteiger partial charge in [0.15, 0.2) is 0 Å². The van der Waals surface area contributed by atoms with Crippen LogP contribution in [-0.4, -0.2) is 51.3 Å². The highest BCUT2D eigenvalue weighted by molar-refractivity contribution is 6.24. The molecule has 2 heterocycles. The minimum absolute atomic E-state index is 0.0940. The van der Waals surface area contributed by atoms with E-state index >= 15 is 0 Å². The standard InChI is InChI=1S/C34H30N2O7/c1-34-25(31(41)36(33(34)43)18-7-3-2-4-8-18)17-24-22(29(34)21-13-14-26(37)20-10-6-5-9-19(20)21)11-12-23-28(24)32(42)35(30(23)40)16-15-27(38)39/h2-11,13-14,23-25,28-29,37H,12,15-17H2,1H3,(H,38,39). The molecule has 218 valence electrons. The highest BCUT2D eigenvalue weighted by Crippen LogP contribution is 2.64. The van der Waals surface area contributed by atoms with E-state index in [0.29, 0.717) is 11.1 Å². The molecule has 0 aromatic heterocycles. The third-order valence-electron chi connectivity index (χ3n) is 10.2. The molecule has 9 heteroatoms. The molecule has 0 bridgehead atoms. The average molecular weight is 579 g/mol. The van der Waals surface area contributed by atoms with Gasteiger partial charge in [-0.1, -0.05) is 60.2 Å². The lowest BCUT2D eigenvalue weighted by molar-refractivity contribution is -0.142. The van der Waals surface area contributed by atoms with Crippen LogP contribution in [0, 0.1) is 29.1 Å². The van der Waals surface area contributed by atoms with Gasteiger partial charge in [0, 0.05) is 17.8 Å². The third kappa shape index (κ3) is 3.73. The number of aliphatic carboxylic acids is 1. The van der Waals surface area contributed by atoms with Crippen LogP contribution in [-0.2, 0) is 24.0 Å². The van der Waals surface area contributed by atoms with Crippen LogP contribution < -0.4 is 4.90 Å². The van der Waals surface area contributed by atoms with Crippen molar-refractivity contribution in [3.63, 3.8) is 0 Å². The molecule has 7 rings (SSSR count). The van der Waals surface area contributed by atoms with Crippen LogP contribution in [0.5, 0.6) is 5.75 Å². The van der Waals surface area contributed by atoms with Crippen molar-refractivity contribution in [2.45, 2.75) is 32.1 Å². The molecule has 0 radical (unpaired) electrons. The minimum atomic E-state index is -1.20. The predicted octanol–water partition coefficient (Wildman–Crippen LogP) is 4.25. The smallest absolute Gasteiger partial charge is 0.305 e. The predicted molar refractivity (Wildman–Crippen MR) is 156 cm³/mol. The Hall–Kier alpha value is -4.79. The number of hydrogen-bond donors (Lipinski definition) is 2. The Labute approximate surface area is 247 Å². The van der Waals surface area contributed by atoms with E-state index < -0.39 is 46.9 Å². The number of anilines is 1. The van der Waals surface area contributed by atoms with Crippen LogP contribution in [0.25, 0.3) is 10.8 Å². The van der Waals surface area contributed by atoms with Crippen LogP contribution in [0.3, 0.4) is 0 Å². The summed E-state index contributed by atoms with van der Waals surface area (Å²) in [6.45, 7) is 1.63. The Morgan fingerprint density at radius 3 is 2.30 bits per heavy atom. The lowest BCUT2D eigenvalue weighted by atomic mass is 9.51. The van der Waals surface area contributed by atoms with Crippen molar-refractivity contribution in [1.29, 1.82) is 0 Å². The van der Waals surface area contributed by atoms with Gasteiger partial charge in [0.05, 0.1) is 35.3 Å². The third-order valence-corrected chi connectivity index (χ3v) is 10.2. The zero-order valence-corrected chi connectivity index (χ0v) is 23.5. The molecule has 3 aromatic carbocycles. The number of nitrogens with zero attached hydrogens (tertiary/aromatic N) is 2. The van der Waals surface area contributed by atoms with Gasteiger partial charge in [0.1, 0.15) is 5.75 Å². The Kier molecular flexibility index (Phi) is 6.06. The number of carboxylic acid groups (broad SMARTS) is 1. The van der Waals surface area contributed by atoms with Gasteiger partial charge in [-0.3, -0.25) is 28.9 Å². The van der Waals surface area contributed by atoms with Gasteiger partial charge < -0.3 is 10.2 Å². The van der Waals surface area contributed by atoms with Gasteiger partial charge in [-0.15, -0.1) is 0 Å². The zero-order valence-electron chi connectivity index (χ0n) is 23.5. The number of hydrogen-bond acceptors (Lipinski definition) is 6. The number of fused-ring (bicyclic) bond motifs is 5. The summed E-state index contributed by atoms with van der Waals surface area (Å²) in [5.41, 5.74) is 0.888. The van der Waals surface area contributed by atoms with Crippen molar-refractivity contribution in [2.75, 3.05) is 11.4 Å². The fourth-order valence-electron chi connectivity index (χ4n) is 8.23. The molecule has 3 aromatic rings. The van der Waals surface area contributed by atoms with Crippen molar-refractivity contribution in [3.8, 4) is 5.75 Å². The summed E-state index contributed by atoms with van der Waals surface area (Å²) < 4.78 is 0. The van der Waals surface area contributed by atoms with Crippen molar-refractivity contribution in [1.82, 2.24) is 4.90 Å².